The number of benzene rings is 1. The summed E-state index contributed by atoms with van der Waals surface area (Å²) in [5.41, 5.74) is 2.55. The second-order valence-electron chi connectivity index (χ2n) is 7.74. The predicted molar refractivity (Wildman–Crippen MR) is 104 cm³/mol. The first-order valence-corrected chi connectivity index (χ1v) is 9.87. The Morgan fingerprint density at radius 3 is 2.59 bits per heavy atom. The summed E-state index contributed by atoms with van der Waals surface area (Å²) in [5.74, 6) is 0.616. The van der Waals surface area contributed by atoms with Crippen LogP contribution >= 0.6 is 0 Å². The van der Waals surface area contributed by atoms with Gasteiger partial charge in [-0.05, 0) is 25.0 Å². The molecule has 2 fully saturated rings. The van der Waals surface area contributed by atoms with Crippen molar-refractivity contribution >= 4 is 17.8 Å². The molecular weight excluding hydrogens is 376 g/mol. The third kappa shape index (κ3) is 4.45. The maximum atomic E-state index is 12.7. The minimum atomic E-state index is -0.849. The number of quaternary nitrogens is 1. The van der Waals surface area contributed by atoms with Gasteiger partial charge in [-0.15, -0.1) is 0 Å². The first-order chi connectivity index (χ1) is 13.9. The van der Waals surface area contributed by atoms with E-state index in [-0.39, 0.29) is 12.5 Å². The van der Waals surface area contributed by atoms with E-state index < -0.39 is 17.5 Å². The molecule has 1 saturated heterocycles. The SMILES string of the molecule is COc1ccc(C[NH+](C)CC(=O)NN2C(=O)NC3(CCCCC3)C2=O)c(OC)c1. The number of hydrazine groups is 1. The average Bonchev–Trinajstić information content (AvgIpc) is 2.92. The Labute approximate surface area is 170 Å². The third-order valence-corrected chi connectivity index (χ3v) is 5.55. The standard InChI is InChI=1S/C20H28N4O5/c1-23(12-14-7-8-15(28-2)11-16(14)29-3)13-17(25)22-24-18(26)20(21-19(24)27)9-5-4-6-10-20/h7-8,11H,4-6,9-10,12-13H2,1-3H3,(H,21,27)(H,22,25)/p+1. The van der Waals surface area contributed by atoms with Gasteiger partial charge in [0.25, 0.3) is 11.8 Å². The molecule has 1 aromatic carbocycles. The lowest BCUT2D eigenvalue weighted by molar-refractivity contribution is -0.885. The number of carbonyl (C=O) groups excluding carboxylic acids is 3. The minimum Gasteiger partial charge on any atom is -0.497 e. The molecule has 3 N–H and O–H groups in total. The molecule has 158 valence electrons. The highest BCUT2D eigenvalue weighted by atomic mass is 16.5. The van der Waals surface area contributed by atoms with Crippen LogP contribution in [0.4, 0.5) is 4.79 Å². The molecule has 1 unspecified atom stereocenters. The van der Waals surface area contributed by atoms with E-state index in [2.05, 4.69) is 10.7 Å². The Balaban J connectivity index is 1.58. The lowest BCUT2D eigenvalue weighted by atomic mass is 9.82. The Hall–Kier alpha value is -2.81. The van der Waals surface area contributed by atoms with E-state index in [0.717, 1.165) is 34.7 Å². The summed E-state index contributed by atoms with van der Waals surface area (Å²) in [5, 5.41) is 3.62. The average molecular weight is 405 g/mol. The monoisotopic (exact) mass is 405 g/mol. The molecule has 9 nitrogen and oxygen atoms in total. The van der Waals surface area contributed by atoms with Crippen LogP contribution in [0.25, 0.3) is 0 Å². The van der Waals surface area contributed by atoms with Crippen LogP contribution in [0.5, 0.6) is 11.5 Å². The number of ether oxygens (including phenoxy) is 2. The van der Waals surface area contributed by atoms with Crippen LogP contribution in [0.3, 0.4) is 0 Å². The van der Waals surface area contributed by atoms with Gasteiger partial charge in [0.05, 0.1) is 21.3 Å². The first kappa shape index (κ1) is 20.9. The highest BCUT2D eigenvalue weighted by Crippen LogP contribution is 2.32. The fourth-order valence-electron chi connectivity index (χ4n) is 4.04. The van der Waals surface area contributed by atoms with Gasteiger partial charge in [-0.3, -0.25) is 15.0 Å². The van der Waals surface area contributed by atoms with Crippen molar-refractivity contribution in [2.24, 2.45) is 0 Å². The van der Waals surface area contributed by atoms with E-state index >= 15 is 0 Å². The zero-order chi connectivity index (χ0) is 21.0. The van der Waals surface area contributed by atoms with Crippen molar-refractivity contribution in [3.63, 3.8) is 0 Å². The van der Waals surface area contributed by atoms with Crippen LogP contribution < -0.4 is 25.1 Å². The van der Waals surface area contributed by atoms with E-state index in [1.54, 1.807) is 20.3 Å². The molecule has 1 heterocycles. The summed E-state index contributed by atoms with van der Waals surface area (Å²) in [7, 11) is 5.03. The van der Waals surface area contributed by atoms with Crippen molar-refractivity contribution < 1.29 is 28.8 Å². The number of rotatable bonds is 7. The van der Waals surface area contributed by atoms with E-state index in [1.165, 1.54) is 0 Å². The molecule has 0 bridgehead atoms. The lowest BCUT2D eigenvalue weighted by Gasteiger charge is -2.30. The van der Waals surface area contributed by atoms with Crippen molar-refractivity contribution in [2.75, 3.05) is 27.8 Å². The van der Waals surface area contributed by atoms with Crippen LogP contribution in [0.2, 0.25) is 0 Å². The van der Waals surface area contributed by atoms with Crippen molar-refractivity contribution in [2.45, 2.75) is 44.2 Å². The van der Waals surface area contributed by atoms with Crippen LogP contribution in [0.15, 0.2) is 18.2 Å². The summed E-state index contributed by atoms with van der Waals surface area (Å²) >= 11 is 0. The van der Waals surface area contributed by atoms with Gasteiger partial charge in [0.1, 0.15) is 23.6 Å². The van der Waals surface area contributed by atoms with Gasteiger partial charge < -0.3 is 19.7 Å². The molecule has 1 aliphatic heterocycles. The van der Waals surface area contributed by atoms with Gasteiger partial charge in [0, 0.05) is 11.6 Å². The highest BCUT2D eigenvalue weighted by molar-refractivity contribution is 6.08. The van der Waals surface area contributed by atoms with Crippen LogP contribution in [0, 0.1) is 0 Å². The zero-order valence-corrected chi connectivity index (χ0v) is 17.2. The number of imide groups is 1. The molecule has 0 radical (unpaired) electrons. The Morgan fingerprint density at radius 1 is 1.21 bits per heavy atom. The van der Waals surface area contributed by atoms with Gasteiger partial charge in [0.2, 0.25) is 0 Å². The van der Waals surface area contributed by atoms with Crippen LogP contribution in [-0.4, -0.2) is 56.2 Å². The van der Waals surface area contributed by atoms with Crippen LogP contribution in [-0.2, 0) is 16.1 Å². The fourth-order valence-corrected chi connectivity index (χ4v) is 4.04. The number of carbonyl (C=O) groups is 3. The molecule has 0 aromatic heterocycles. The maximum Gasteiger partial charge on any atom is 0.344 e. The summed E-state index contributed by atoms with van der Waals surface area (Å²) in [6.07, 6.45) is 4.08. The number of amides is 4. The molecule has 4 amide bonds. The third-order valence-electron chi connectivity index (χ3n) is 5.55. The van der Waals surface area contributed by atoms with Gasteiger partial charge in [0.15, 0.2) is 6.54 Å². The molecule has 9 heteroatoms. The van der Waals surface area contributed by atoms with Crippen molar-refractivity contribution in [1.82, 2.24) is 15.8 Å². The van der Waals surface area contributed by atoms with Crippen LogP contribution in [0.1, 0.15) is 37.7 Å². The summed E-state index contributed by atoms with van der Waals surface area (Å²) in [4.78, 5) is 38.3. The van der Waals surface area contributed by atoms with E-state index in [0.29, 0.717) is 30.9 Å². The molecule has 1 atom stereocenters. The predicted octanol–water partition coefficient (Wildman–Crippen LogP) is 0.00440. The molecule has 1 saturated carbocycles. The van der Waals surface area contributed by atoms with Gasteiger partial charge in [-0.1, -0.05) is 19.3 Å². The zero-order valence-electron chi connectivity index (χ0n) is 17.2. The van der Waals surface area contributed by atoms with Gasteiger partial charge in [-0.25, -0.2) is 4.79 Å². The topological polar surface area (TPSA) is 101 Å². The van der Waals surface area contributed by atoms with E-state index in [1.807, 2.05) is 19.2 Å². The molecule has 3 rings (SSSR count). The second kappa shape index (κ2) is 8.69. The first-order valence-electron chi connectivity index (χ1n) is 9.87. The molecule has 29 heavy (non-hydrogen) atoms. The number of likely N-dealkylation sites (N-methyl/N-ethyl adjacent to an activating group) is 1. The molecule has 1 aromatic rings. The smallest absolute Gasteiger partial charge is 0.344 e. The largest absolute Gasteiger partial charge is 0.497 e. The van der Waals surface area contributed by atoms with Crippen molar-refractivity contribution in [3.05, 3.63) is 23.8 Å². The minimum absolute atomic E-state index is 0.0965. The maximum absolute atomic E-state index is 12.7. The number of urea groups is 1. The van der Waals surface area contributed by atoms with E-state index in [4.69, 9.17) is 9.47 Å². The number of hydrogen-bond acceptors (Lipinski definition) is 5. The summed E-state index contributed by atoms with van der Waals surface area (Å²) < 4.78 is 10.6. The molecule has 1 spiro atoms. The fraction of sp³-hybridized carbons (Fsp3) is 0.550. The Morgan fingerprint density at radius 2 is 1.93 bits per heavy atom. The number of hydrogen-bond donors (Lipinski definition) is 3. The summed E-state index contributed by atoms with van der Waals surface area (Å²) in [6.45, 7) is 0.629. The molecule has 1 aliphatic carbocycles. The number of methoxy groups -OCH3 is 2. The normalized spacial score (nSPS) is 19.1. The van der Waals surface area contributed by atoms with E-state index in [9.17, 15) is 14.4 Å². The molecule has 2 aliphatic rings. The summed E-state index contributed by atoms with van der Waals surface area (Å²) in [6, 6.07) is 4.96. The Kier molecular flexibility index (Phi) is 6.26. The number of nitrogens with zero attached hydrogens (tertiary/aromatic N) is 1. The Bertz CT molecular complexity index is 791. The highest BCUT2D eigenvalue weighted by Gasteiger charge is 2.52. The second-order valence-corrected chi connectivity index (χ2v) is 7.74. The molecular formula is C20H29N4O5+. The van der Waals surface area contributed by atoms with Crippen molar-refractivity contribution in [3.8, 4) is 11.5 Å². The number of nitrogens with one attached hydrogen (secondary N) is 3. The van der Waals surface area contributed by atoms with Crippen molar-refractivity contribution in [1.29, 1.82) is 0 Å². The van der Waals surface area contributed by atoms with Gasteiger partial charge >= 0.3 is 6.03 Å². The van der Waals surface area contributed by atoms with Gasteiger partial charge in [-0.2, -0.15) is 5.01 Å². The lowest BCUT2D eigenvalue weighted by Crippen LogP contribution is -3.09. The quantitative estimate of drug-likeness (QED) is 0.555.